The minimum atomic E-state index is -0.815. The molecule has 1 aromatic rings. The van der Waals surface area contributed by atoms with Crippen LogP contribution in [0.1, 0.15) is 39.2 Å². The van der Waals surface area contributed by atoms with E-state index in [1.807, 2.05) is 19.9 Å². The largest absolute Gasteiger partial charge is 0.493 e. The molecule has 0 fully saturated rings. The summed E-state index contributed by atoms with van der Waals surface area (Å²) in [5, 5.41) is 2.75. The number of esters is 1. The SMILES string of the molecule is COc1ccc(CNC(=O)[C@@H](C)OC(=O)CCC(C)C)cc1OC. The first-order valence-corrected chi connectivity index (χ1v) is 8.05. The van der Waals surface area contributed by atoms with E-state index in [4.69, 9.17) is 14.2 Å². The quantitative estimate of drug-likeness (QED) is 0.701. The zero-order valence-electron chi connectivity index (χ0n) is 15.0. The molecule has 1 amide bonds. The third kappa shape index (κ3) is 6.48. The van der Waals surface area contributed by atoms with E-state index >= 15 is 0 Å². The van der Waals surface area contributed by atoms with Gasteiger partial charge in [-0.15, -0.1) is 0 Å². The van der Waals surface area contributed by atoms with Crippen molar-refractivity contribution in [3.63, 3.8) is 0 Å². The first-order valence-electron chi connectivity index (χ1n) is 8.05. The molecule has 0 aliphatic heterocycles. The fourth-order valence-electron chi connectivity index (χ4n) is 2.04. The van der Waals surface area contributed by atoms with Crippen LogP contribution in [0.2, 0.25) is 0 Å². The van der Waals surface area contributed by atoms with Crippen molar-refractivity contribution >= 4 is 11.9 Å². The molecule has 0 bridgehead atoms. The predicted octanol–water partition coefficient (Wildman–Crippen LogP) is 2.69. The molecule has 134 valence electrons. The predicted molar refractivity (Wildman–Crippen MR) is 91.0 cm³/mol. The number of carbonyl (C=O) groups excluding carboxylic acids is 2. The number of ether oxygens (including phenoxy) is 3. The number of hydrogen-bond donors (Lipinski definition) is 1. The third-order valence-corrected chi connectivity index (χ3v) is 3.52. The second-order valence-electron chi connectivity index (χ2n) is 5.97. The van der Waals surface area contributed by atoms with E-state index in [9.17, 15) is 9.59 Å². The van der Waals surface area contributed by atoms with Crippen molar-refractivity contribution in [3.05, 3.63) is 23.8 Å². The van der Waals surface area contributed by atoms with Gasteiger partial charge in [0, 0.05) is 13.0 Å². The minimum absolute atomic E-state index is 0.313. The Morgan fingerprint density at radius 1 is 1.08 bits per heavy atom. The van der Waals surface area contributed by atoms with Crippen LogP contribution in [0.5, 0.6) is 11.5 Å². The number of carbonyl (C=O) groups is 2. The van der Waals surface area contributed by atoms with Crippen molar-refractivity contribution in [1.82, 2.24) is 5.32 Å². The Kier molecular flexibility index (Phi) is 8.09. The maximum atomic E-state index is 12.0. The molecular weight excluding hydrogens is 310 g/mol. The summed E-state index contributed by atoms with van der Waals surface area (Å²) in [6, 6.07) is 5.40. The lowest BCUT2D eigenvalue weighted by molar-refractivity contribution is -0.155. The van der Waals surface area contributed by atoms with Crippen molar-refractivity contribution in [2.24, 2.45) is 5.92 Å². The van der Waals surface area contributed by atoms with Gasteiger partial charge in [-0.25, -0.2) is 0 Å². The monoisotopic (exact) mass is 337 g/mol. The molecule has 0 saturated heterocycles. The van der Waals surface area contributed by atoms with E-state index in [2.05, 4.69) is 5.32 Å². The minimum Gasteiger partial charge on any atom is -0.493 e. The van der Waals surface area contributed by atoms with Crippen LogP contribution in [-0.2, 0) is 20.9 Å². The first-order chi connectivity index (χ1) is 11.4. The Morgan fingerprint density at radius 3 is 2.33 bits per heavy atom. The molecule has 0 heterocycles. The highest BCUT2D eigenvalue weighted by Crippen LogP contribution is 2.27. The Hall–Kier alpha value is -2.24. The van der Waals surface area contributed by atoms with Gasteiger partial charge in [-0.05, 0) is 37.0 Å². The Balaban J connectivity index is 2.49. The van der Waals surface area contributed by atoms with Gasteiger partial charge < -0.3 is 19.5 Å². The van der Waals surface area contributed by atoms with Crippen LogP contribution >= 0.6 is 0 Å². The van der Waals surface area contributed by atoms with E-state index in [1.165, 1.54) is 0 Å². The van der Waals surface area contributed by atoms with Crippen LogP contribution < -0.4 is 14.8 Å². The number of amides is 1. The topological polar surface area (TPSA) is 73.9 Å². The summed E-state index contributed by atoms with van der Waals surface area (Å²) in [6.07, 6.45) is 0.258. The molecular formula is C18H27NO5. The van der Waals surface area contributed by atoms with E-state index in [-0.39, 0.29) is 11.9 Å². The van der Waals surface area contributed by atoms with Crippen molar-refractivity contribution in [2.45, 2.75) is 46.3 Å². The van der Waals surface area contributed by atoms with Crippen LogP contribution in [0.15, 0.2) is 18.2 Å². The standard InChI is InChI=1S/C18H27NO5/c1-12(2)6-9-17(20)24-13(3)18(21)19-11-14-7-8-15(22-4)16(10-14)23-5/h7-8,10,12-13H,6,9,11H2,1-5H3,(H,19,21)/t13-/m1/s1. The highest BCUT2D eigenvalue weighted by Gasteiger charge is 2.17. The zero-order valence-corrected chi connectivity index (χ0v) is 15.0. The van der Waals surface area contributed by atoms with E-state index in [0.29, 0.717) is 30.4 Å². The van der Waals surface area contributed by atoms with Crippen LogP contribution in [0.25, 0.3) is 0 Å². The van der Waals surface area contributed by atoms with Gasteiger partial charge in [0.25, 0.3) is 5.91 Å². The fraction of sp³-hybridized carbons (Fsp3) is 0.556. The number of benzene rings is 1. The molecule has 6 nitrogen and oxygen atoms in total. The van der Waals surface area contributed by atoms with E-state index < -0.39 is 6.10 Å². The smallest absolute Gasteiger partial charge is 0.306 e. The van der Waals surface area contributed by atoms with Gasteiger partial charge >= 0.3 is 5.97 Å². The lowest BCUT2D eigenvalue weighted by atomic mass is 10.1. The molecule has 0 aliphatic rings. The lowest BCUT2D eigenvalue weighted by Gasteiger charge is -2.15. The summed E-state index contributed by atoms with van der Waals surface area (Å²) in [7, 11) is 3.12. The Labute approximate surface area is 143 Å². The molecule has 0 saturated carbocycles. The van der Waals surface area contributed by atoms with Gasteiger partial charge in [0.1, 0.15) is 0 Å². The molecule has 24 heavy (non-hydrogen) atoms. The van der Waals surface area contributed by atoms with Gasteiger partial charge in [-0.3, -0.25) is 9.59 Å². The summed E-state index contributed by atoms with van der Waals surface area (Å²) in [6.45, 7) is 5.95. The maximum Gasteiger partial charge on any atom is 0.306 e. The fourth-order valence-corrected chi connectivity index (χ4v) is 2.04. The summed E-state index contributed by atoms with van der Waals surface area (Å²) in [5.74, 6) is 0.962. The maximum absolute atomic E-state index is 12.0. The summed E-state index contributed by atoms with van der Waals surface area (Å²) in [5.41, 5.74) is 0.860. The number of methoxy groups -OCH3 is 2. The van der Waals surface area contributed by atoms with Gasteiger partial charge in [-0.1, -0.05) is 19.9 Å². The summed E-state index contributed by atoms with van der Waals surface area (Å²) < 4.78 is 15.5. The molecule has 0 aromatic heterocycles. The van der Waals surface area contributed by atoms with Crippen molar-refractivity contribution < 1.29 is 23.8 Å². The van der Waals surface area contributed by atoms with E-state index in [1.54, 1.807) is 33.3 Å². The van der Waals surface area contributed by atoms with Crippen LogP contribution in [0.4, 0.5) is 0 Å². The first kappa shape index (κ1) is 19.8. The van der Waals surface area contributed by atoms with Crippen molar-refractivity contribution in [2.75, 3.05) is 14.2 Å². The average Bonchev–Trinajstić information content (AvgIpc) is 2.57. The average molecular weight is 337 g/mol. The molecule has 6 heteroatoms. The molecule has 1 atom stereocenters. The Bertz CT molecular complexity index is 556. The third-order valence-electron chi connectivity index (χ3n) is 3.52. The highest BCUT2D eigenvalue weighted by molar-refractivity contribution is 5.83. The van der Waals surface area contributed by atoms with Gasteiger partial charge in [0.2, 0.25) is 0 Å². The molecule has 1 aromatic carbocycles. The molecule has 0 spiro atoms. The molecule has 0 unspecified atom stereocenters. The molecule has 1 rings (SSSR count). The van der Waals surface area contributed by atoms with E-state index in [0.717, 1.165) is 12.0 Å². The number of hydrogen-bond acceptors (Lipinski definition) is 5. The number of nitrogens with one attached hydrogen (secondary N) is 1. The van der Waals surface area contributed by atoms with Gasteiger partial charge in [0.05, 0.1) is 14.2 Å². The zero-order chi connectivity index (χ0) is 18.1. The molecule has 1 N–H and O–H groups in total. The highest BCUT2D eigenvalue weighted by atomic mass is 16.5. The van der Waals surface area contributed by atoms with Crippen molar-refractivity contribution in [3.8, 4) is 11.5 Å². The molecule has 0 radical (unpaired) electrons. The second kappa shape index (κ2) is 9.80. The normalized spacial score (nSPS) is 11.8. The summed E-state index contributed by atoms with van der Waals surface area (Å²) >= 11 is 0. The van der Waals surface area contributed by atoms with Crippen molar-refractivity contribution in [1.29, 1.82) is 0 Å². The molecule has 0 aliphatic carbocycles. The summed E-state index contributed by atoms with van der Waals surface area (Å²) in [4.78, 5) is 23.7. The van der Waals surface area contributed by atoms with Crippen LogP contribution in [0.3, 0.4) is 0 Å². The lowest BCUT2D eigenvalue weighted by Crippen LogP contribution is -2.35. The Morgan fingerprint density at radius 2 is 1.75 bits per heavy atom. The van der Waals surface area contributed by atoms with Gasteiger partial charge in [-0.2, -0.15) is 0 Å². The van der Waals surface area contributed by atoms with Gasteiger partial charge in [0.15, 0.2) is 17.6 Å². The number of rotatable bonds is 9. The second-order valence-corrected chi connectivity index (χ2v) is 5.97. The van der Waals surface area contributed by atoms with Crippen LogP contribution in [-0.4, -0.2) is 32.2 Å². The van der Waals surface area contributed by atoms with Crippen LogP contribution in [0, 0.1) is 5.92 Å².